The molecule has 0 fully saturated rings. The van der Waals surface area contributed by atoms with Crippen LogP contribution in [0.5, 0.6) is 0 Å². The molecule has 1 aliphatic rings. The van der Waals surface area contributed by atoms with E-state index in [-0.39, 0.29) is 12.4 Å². The van der Waals surface area contributed by atoms with Crippen molar-refractivity contribution in [3.05, 3.63) is 71.3 Å². The molecule has 0 bridgehead atoms. The highest BCUT2D eigenvalue weighted by molar-refractivity contribution is 6.14. The lowest BCUT2D eigenvalue weighted by Crippen LogP contribution is -2.45. The molecule has 3 nitrogen and oxygen atoms in total. The number of hydrogen-bond donors (Lipinski definition) is 0. The maximum atomic E-state index is 13.2. The first-order valence-electron chi connectivity index (χ1n) is 8.01. The van der Waals surface area contributed by atoms with E-state index in [2.05, 4.69) is 0 Å². The summed E-state index contributed by atoms with van der Waals surface area (Å²) in [6.07, 6.45) is 1.60. The summed E-state index contributed by atoms with van der Waals surface area (Å²) >= 11 is 0. The standard InChI is InChI=1S/C20H20O3/c1-2-23-19(22)20(14-15-8-4-3-5-9-15)13-12-16-10-6-7-11-17(16)18(20)21/h3-11H,2,12-14H2,1H3/t20-/m0/s1. The Hall–Kier alpha value is -2.42. The van der Waals surface area contributed by atoms with Gasteiger partial charge in [-0.15, -0.1) is 0 Å². The predicted molar refractivity (Wildman–Crippen MR) is 88.3 cm³/mol. The Bertz CT molecular complexity index is 721. The molecule has 0 aromatic heterocycles. The lowest BCUT2D eigenvalue weighted by molar-refractivity contribution is -0.152. The van der Waals surface area contributed by atoms with Gasteiger partial charge in [0.25, 0.3) is 0 Å². The van der Waals surface area contributed by atoms with Crippen LogP contribution in [0.15, 0.2) is 54.6 Å². The van der Waals surface area contributed by atoms with E-state index in [9.17, 15) is 9.59 Å². The van der Waals surface area contributed by atoms with E-state index in [1.807, 2.05) is 54.6 Å². The van der Waals surface area contributed by atoms with Crippen LogP contribution in [0.2, 0.25) is 0 Å². The van der Waals surface area contributed by atoms with Crippen LogP contribution in [0.4, 0.5) is 0 Å². The molecule has 1 aliphatic carbocycles. The van der Waals surface area contributed by atoms with Crippen LogP contribution in [0.1, 0.15) is 34.8 Å². The van der Waals surface area contributed by atoms with E-state index in [4.69, 9.17) is 4.74 Å². The average molecular weight is 308 g/mol. The van der Waals surface area contributed by atoms with Crippen LogP contribution in [-0.2, 0) is 22.4 Å². The number of esters is 1. The van der Waals surface area contributed by atoms with Gasteiger partial charge in [-0.2, -0.15) is 0 Å². The third-order valence-corrected chi connectivity index (χ3v) is 4.53. The second-order valence-corrected chi connectivity index (χ2v) is 5.95. The van der Waals surface area contributed by atoms with Crippen LogP contribution >= 0.6 is 0 Å². The van der Waals surface area contributed by atoms with Crippen molar-refractivity contribution in [1.29, 1.82) is 0 Å². The van der Waals surface area contributed by atoms with Gasteiger partial charge in [0.1, 0.15) is 5.41 Å². The maximum absolute atomic E-state index is 13.2. The smallest absolute Gasteiger partial charge is 0.320 e. The van der Waals surface area contributed by atoms with E-state index >= 15 is 0 Å². The lowest BCUT2D eigenvalue weighted by atomic mass is 9.67. The molecule has 0 saturated carbocycles. The summed E-state index contributed by atoms with van der Waals surface area (Å²) in [5.74, 6) is -0.509. The van der Waals surface area contributed by atoms with Crippen LogP contribution in [0, 0.1) is 5.41 Å². The molecule has 0 N–H and O–H groups in total. The lowest BCUT2D eigenvalue weighted by Gasteiger charge is -2.34. The average Bonchev–Trinajstić information content (AvgIpc) is 2.59. The fourth-order valence-electron chi connectivity index (χ4n) is 3.33. The summed E-state index contributed by atoms with van der Waals surface area (Å²) in [7, 11) is 0. The molecule has 3 rings (SSSR count). The summed E-state index contributed by atoms with van der Waals surface area (Å²) in [4.78, 5) is 25.9. The molecule has 0 amide bonds. The SMILES string of the molecule is CCOC(=O)[C@]1(Cc2ccccc2)CCc2ccccc2C1=O. The highest BCUT2D eigenvalue weighted by Gasteiger charge is 2.49. The van der Waals surface area contributed by atoms with Crippen molar-refractivity contribution in [2.45, 2.75) is 26.2 Å². The molecule has 0 aliphatic heterocycles. The summed E-state index contributed by atoms with van der Waals surface area (Å²) in [5, 5.41) is 0. The van der Waals surface area contributed by atoms with Crippen LogP contribution in [-0.4, -0.2) is 18.4 Å². The van der Waals surface area contributed by atoms with Gasteiger partial charge in [0.05, 0.1) is 6.61 Å². The summed E-state index contributed by atoms with van der Waals surface area (Å²) in [6, 6.07) is 17.2. The van der Waals surface area contributed by atoms with Gasteiger partial charge in [0.2, 0.25) is 0 Å². The van der Waals surface area contributed by atoms with Crippen LogP contribution in [0.3, 0.4) is 0 Å². The number of fused-ring (bicyclic) bond motifs is 1. The third-order valence-electron chi connectivity index (χ3n) is 4.53. The second-order valence-electron chi connectivity index (χ2n) is 5.95. The van der Waals surface area contributed by atoms with Crippen molar-refractivity contribution in [2.24, 2.45) is 5.41 Å². The van der Waals surface area contributed by atoms with Gasteiger partial charge < -0.3 is 4.74 Å². The predicted octanol–water partition coefficient (Wildman–Crippen LogP) is 3.61. The molecule has 0 unspecified atom stereocenters. The molecule has 0 heterocycles. The van der Waals surface area contributed by atoms with E-state index in [1.54, 1.807) is 6.92 Å². The normalized spacial score (nSPS) is 20.0. The molecule has 0 saturated heterocycles. The molecule has 23 heavy (non-hydrogen) atoms. The van der Waals surface area contributed by atoms with Gasteiger partial charge in [0, 0.05) is 5.56 Å². The zero-order valence-corrected chi connectivity index (χ0v) is 13.2. The van der Waals surface area contributed by atoms with Crippen molar-refractivity contribution in [2.75, 3.05) is 6.61 Å². The molecule has 118 valence electrons. The Labute approximate surface area is 136 Å². The summed E-state index contributed by atoms with van der Waals surface area (Å²) in [5.41, 5.74) is 1.55. The van der Waals surface area contributed by atoms with Gasteiger partial charge in [-0.3, -0.25) is 9.59 Å². The number of carbonyl (C=O) groups excluding carboxylic acids is 2. The number of ketones is 1. The maximum Gasteiger partial charge on any atom is 0.320 e. The Morgan fingerprint density at radius 3 is 2.52 bits per heavy atom. The van der Waals surface area contributed by atoms with Crippen molar-refractivity contribution in [1.82, 2.24) is 0 Å². The highest BCUT2D eigenvalue weighted by atomic mass is 16.5. The number of carbonyl (C=O) groups is 2. The van der Waals surface area contributed by atoms with Crippen molar-refractivity contribution in [3.8, 4) is 0 Å². The van der Waals surface area contributed by atoms with Gasteiger partial charge in [0.15, 0.2) is 5.78 Å². The number of ether oxygens (including phenoxy) is 1. The minimum Gasteiger partial charge on any atom is -0.465 e. The first-order chi connectivity index (χ1) is 11.2. The quantitative estimate of drug-likeness (QED) is 0.640. The first-order valence-corrected chi connectivity index (χ1v) is 8.01. The van der Waals surface area contributed by atoms with Crippen molar-refractivity contribution >= 4 is 11.8 Å². The van der Waals surface area contributed by atoms with E-state index in [0.717, 1.165) is 11.1 Å². The Balaban J connectivity index is 2.03. The zero-order valence-electron chi connectivity index (χ0n) is 13.2. The summed E-state index contributed by atoms with van der Waals surface area (Å²) < 4.78 is 5.28. The van der Waals surface area contributed by atoms with Gasteiger partial charge in [-0.05, 0) is 37.3 Å². The Morgan fingerprint density at radius 2 is 1.78 bits per heavy atom. The number of hydrogen-bond acceptors (Lipinski definition) is 3. The fraction of sp³-hybridized carbons (Fsp3) is 0.300. The van der Waals surface area contributed by atoms with E-state index in [0.29, 0.717) is 24.8 Å². The Kier molecular flexibility index (Phi) is 4.28. The van der Waals surface area contributed by atoms with Crippen LogP contribution < -0.4 is 0 Å². The van der Waals surface area contributed by atoms with Crippen molar-refractivity contribution in [3.63, 3.8) is 0 Å². The Morgan fingerprint density at radius 1 is 1.09 bits per heavy atom. The molecule has 0 spiro atoms. The number of rotatable bonds is 4. The molecular formula is C20H20O3. The molecule has 2 aromatic carbocycles. The van der Waals surface area contributed by atoms with E-state index in [1.165, 1.54) is 0 Å². The van der Waals surface area contributed by atoms with Gasteiger partial charge in [-0.25, -0.2) is 0 Å². The molecular weight excluding hydrogens is 288 g/mol. The zero-order chi connectivity index (χ0) is 16.3. The largest absolute Gasteiger partial charge is 0.465 e. The van der Waals surface area contributed by atoms with Gasteiger partial charge >= 0.3 is 5.97 Å². The van der Waals surface area contributed by atoms with E-state index < -0.39 is 11.4 Å². The monoisotopic (exact) mass is 308 g/mol. The minimum absolute atomic E-state index is 0.110. The molecule has 2 aromatic rings. The molecule has 0 radical (unpaired) electrons. The topological polar surface area (TPSA) is 43.4 Å². The van der Waals surface area contributed by atoms with Gasteiger partial charge in [-0.1, -0.05) is 54.6 Å². The highest BCUT2D eigenvalue weighted by Crippen LogP contribution is 2.39. The number of Topliss-reactive ketones (excluding diaryl/α,β-unsaturated/α-hetero) is 1. The van der Waals surface area contributed by atoms with Crippen LogP contribution in [0.25, 0.3) is 0 Å². The minimum atomic E-state index is -1.11. The number of benzene rings is 2. The third kappa shape index (κ3) is 2.79. The summed E-state index contributed by atoms with van der Waals surface area (Å²) in [6.45, 7) is 2.06. The first kappa shape index (κ1) is 15.5. The van der Waals surface area contributed by atoms with Crippen molar-refractivity contribution < 1.29 is 14.3 Å². The molecule has 3 heteroatoms. The second kappa shape index (κ2) is 6.37. The molecule has 1 atom stereocenters. The fourth-order valence-corrected chi connectivity index (χ4v) is 3.33. The number of aryl methyl sites for hydroxylation is 1.